The van der Waals surface area contributed by atoms with Crippen LogP contribution < -0.4 is 10.2 Å². The molecule has 0 bridgehead atoms. The Labute approximate surface area is 159 Å². The first kappa shape index (κ1) is 19.2. The highest BCUT2D eigenvalue weighted by Crippen LogP contribution is 2.37. The van der Waals surface area contributed by atoms with Gasteiger partial charge in [0.15, 0.2) is 0 Å². The van der Waals surface area contributed by atoms with Gasteiger partial charge in [0.25, 0.3) is 0 Å². The van der Waals surface area contributed by atoms with Crippen molar-refractivity contribution in [3.05, 3.63) is 58.4 Å². The summed E-state index contributed by atoms with van der Waals surface area (Å²) in [4.78, 5) is 0. The summed E-state index contributed by atoms with van der Waals surface area (Å²) in [6, 6.07) is 10.1. The monoisotopic (exact) mass is 376 g/mol. The van der Waals surface area contributed by atoms with E-state index in [1.807, 2.05) is 52.8 Å². The number of rotatable bonds is 4. The fourth-order valence-corrected chi connectivity index (χ4v) is 3.02. The Morgan fingerprint density at radius 1 is 1.04 bits per heavy atom. The average molecular weight is 377 g/mol. The zero-order chi connectivity index (χ0) is 19.1. The lowest BCUT2D eigenvalue weighted by atomic mass is 9.78. The third-order valence-corrected chi connectivity index (χ3v) is 5.42. The Kier molecular flexibility index (Phi) is 5.08. The molecule has 6 heteroatoms. The second kappa shape index (κ2) is 6.88. The molecule has 0 aromatic heterocycles. The van der Waals surface area contributed by atoms with E-state index in [9.17, 15) is 4.39 Å². The molecule has 2 aromatic carbocycles. The highest BCUT2D eigenvalue weighted by molar-refractivity contribution is 6.63. The number of benzene rings is 2. The summed E-state index contributed by atoms with van der Waals surface area (Å²) in [5, 5.41) is 0.643. The van der Waals surface area contributed by atoms with E-state index in [0.29, 0.717) is 16.2 Å². The van der Waals surface area contributed by atoms with Crippen molar-refractivity contribution in [2.75, 3.05) is 0 Å². The zero-order valence-corrected chi connectivity index (χ0v) is 16.5. The zero-order valence-electron chi connectivity index (χ0n) is 15.7. The van der Waals surface area contributed by atoms with Crippen LogP contribution in [-0.4, -0.2) is 18.3 Å². The van der Waals surface area contributed by atoms with Gasteiger partial charge in [-0.3, -0.25) is 0 Å². The van der Waals surface area contributed by atoms with Crippen molar-refractivity contribution in [2.45, 2.75) is 52.4 Å². The topological polar surface area (TPSA) is 27.7 Å². The molecule has 0 spiro atoms. The Hall–Kier alpha value is -1.56. The van der Waals surface area contributed by atoms with E-state index in [-0.39, 0.29) is 12.4 Å². The van der Waals surface area contributed by atoms with Crippen molar-refractivity contribution < 1.29 is 18.4 Å². The average Bonchev–Trinajstić information content (AvgIpc) is 2.75. The van der Waals surface area contributed by atoms with Crippen LogP contribution in [0, 0.1) is 12.7 Å². The highest BCUT2D eigenvalue weighted by atomic mass is 35.5. The van der Waals surface area contributed by atoms with Crippen molar-refractivity contribution in [1.82, 2.24) is 0 Å². The maximum absolute atomic E-state index is 13.9. The van der Waals surface area contributed by atoms with Crippen LogP contribution in [0.15, 0.2) is 36.4 Å². The minimum atomic E-state index is -0.695. The number of halogens is 2. The Bertz CT molecular complexity index is 807. The van der Waals surface area contributed by atoms with Gasteiger partial charge < -0.3 is 14.0 Å². The standard InChI is InChI=1S/C20H23BClFO3/c1-13-6-7-14(17(22)10-13)12-24-18-9-8-15(23)11-16(18)21-25-19(2,3)20(4,5)26-21/h6-11H,12H2,1-5H3. The fraction of sp³-hybridized carbons (Fsp3) is 0.400. The molecule has 0 radical (unpaired) electrons. The van der Waals surface area contributed by atoms with Crippen molar-refractivity contribution in [3.63, 3.8) is 0 Å². The molecule has 1 aliphatic rings. The van der Waals surface area contributed by atoms with Crippen LogP contribution in [0.1, 0.15) is 38.8 Å². The van der Waals surface area contributed by atoms with Gasteiger partial charge in [-0.15, -0.1) is 0 Å². The summed E-state index contributed by atoms with van der Waals surface area (Å²) < 4.78 is 31.9. The normalized spacial score (nSPS) is 18.2. The molecule has 0 aliphatic carbocycles. The number of hydrogen-bond donors (Lipinski definition) is 0. The fourth-order valence-electron chi connectivity index (χ4n) is 2.73. The molecule has 138 valence electrons. The second-order valence-corrected chi connectivity index (χ2v) is 8.06. The maximum atomic E-state index is 13.9. The smallest absolute Gasteiger partial charge is 0.489 e. The van der Waals surface area contributed by atoms with Crippen molar-refractivity contribution in [1.29, 1.82) is 0 Å². The van der Waals surface area contributed by atoms with Crippen molar-refractivity contribution >= 4 is 24.2 Å². The van der Waals surface area contributed by atoms with E-state index in [1.54, 1.807) is 6.07 Å². The summed E-state index contributed by atoms with van der Waals surface area (Å²) >= 11 is 6.27. The minimum absolute atomic E-state index is 0.275. The second-order valence-electron chi connectivity index (χ2n) is 7.65. The molecule has 1 fully saturated rings. The predicted octanol–water partition coefficient (Wildman–Crippen LogP) is 4.67. The van der Waals surface area contributed by atoms with Crippen molar-refractivity contribution in [3.8, 4) is 5.75 Å². The molecular weight excluding hydrogens is 353 g/mol. The van der Waals surface area contributed by atoms with E-state index >= 15 is 0 Å². The molecule has 0 atom stereocenters. The first-order valence-corrected chi connectivity index (χ1v) is 9.00. The molecule has 0 N–H and O–H groups in total. The molecule has 3 rings (SSSR count). The lowest BCUT2D eigenvalue weighted by Gasteiger charge is -2.32. The van der Waals surface area contributed by atoms with E-state index < -0.39 is 18.3 Å². The predicted molar refractivity (Wildman–Crippen MR) is 103 cm³/mol. The quantitative estimate of drug-likeness (QED) is 0.726. The summed E-state index contributed by atoms with van der Waals surface area (Å²) in [6.07, 6.45) is 0. The summed E-state index contributed by atoms with van der Waals surface area (Å²) in [5.41, 5.74) is 1.45. The van der Waals surface area contributed by atoms with Crippen LogP contribution >= 0.6 is 11.6 Å². The van der Waals surface area contributed by atoms with E-state index in [2.05, 4.69) is 0 Å². The molecule has 1 aliphatic heterocycles. The van der Waals surface area contributed by atoms with Crippen LogP contribution in [0.25, 0.3) is 0 Å². The van der Waals surface area contributed by atoms with Gasteiger partial charge in [-0.05, 0) is 64.4 Å². The van der Waals surface area contributed by atoms with Gasteiger partial charge in [0.05, 0.1) is 11.2 Å². The first-order valence-electron chi connectivity index (χ1n) is 8.62. The van der Waals surface area contributed by atoms with E-state index in [4.69, 9.17) is 25.6 Å². The van der Waals surface area contributed by atoms with Crippen molar-refractivity contribution in [2.24, 2.45) is 0 Å². The molecule has 3 nitrogen and oxygen atoms in total. The molecule has 2 aromatic rings. The van der Waals surface area contributed by atoms with Gasteiger partial charge in [0.1, 0.15) is 18.2 Å². The van der Waals surface area contributed by atoms with Gasteiger partial charge in [-0.1, -0.05) is 23.7 Å². The summed E-state index contributed by atoms with van der Waals surface area (Å²) in [7, 11) is -0.695. The van der Waals surface area contributed by atoms with Crippen LogP contribution in [-0.2, 0) is 15.9 Å². The molecule has 0 saturated carbocycles. The van der Waals surface area contributed by atoms with Gasteiger partial charge in [0, 0.05) is 16.0 Å². The Morgan fingerprint density at radius 3 is 2.31 bits per heavy atom. The van der Waals surface area contributed by atoms with Crippen LogP contribution in [0.2, 0.25) is 5.02 Å². The number of ether oxygens (including phenoxy) is 1. The summed E-state index contributed by atoms with van der Waals surface area (Å²) in [6.45, 7) is 10.1. The maximum Gasteiger partial charge on any atom is 0.498 e. The lowest BCUT2D eigenvalue weighted by Crippen LogP contribution is -2.41. The van der Waals surface area contributed by atoms with Crippen LogP contribution in [0.5, 0.6) is 5.75 Å². The van der Waals surface area contributed by atoms with Gasteiger partial charge in [-0.2, -0.15) is 0 Å². The molecule has 1 saturated heterocycles. The van der Waals surface area contributed by atoms with Gasteiger partial charge in [0.2, 0.25) is 0 Å². The van der Waals surface area contributed by atoms with E-state index in [0.717, 1.165) is 11.1 Å². The third kappa shape index (κ3) is 3.75. The summed E-state index contributed by atoms with van der Waals surface area (Å²) in [5.74, 6) is 0.150. The largest absolute Gasteiger partial charge is 0.498 e. The molecule has 0 unspecified atom stereocenters. The van der Waals surface area contributed by atoms with Gasteiger partial charge in [-0.25, -0.2) is 4.39 Å². The molecular formula is C20H23BClFO3. The highest BCUT2D eigenvalue weighted by Gasteiger charge is 2.52. The number of aryl methyl sites for hydroxylation is 1. The third-order valence-electron chi connectivity index (χ3n) is 5.07. The van der Waals surface area contributed by atoms with Crippen LogP contribution in [0.4, 0.5) is 4.39 Å². The first-order chi connectivity index (χ1) is 12.1. The molecule has 0 amide bonds. The van der Waals surface area contributed by atoms with E-state index in [1.165, 1.54) is 12.1 Å². The number of hydrogen-bond acceptors (Lipinski definition) is 3. The molecule has 26 heavy (non-hydrogen) atoms. The molecule has 1 heterocycles. The lowest BCUT2D eigenvalue weighted by molar-refractivity contribution is 0.00578. The Morgan fingerprint density at radius 2 is 1.69 bits per heavy atom. The minimum Gasteiger partial charge on any atom is -0.489 e. The SMILES string of the molecule is Cc1ccc(COc2ccc(F)cc2B2OC(C)(C)C(C)(C)O2)c(Cl)c1. The van der Waals surface area contributed by atoms with Gasteiger partial charge >= 0.3 is 7.12 Å². The van der Waals surface area contributed by atoms with Crippen LogP contribution in [0.3, 0.4) is 0 Å². The Balaban J connectivity index is 1.85.